The molecular formula is C26H37N3O7S2. The van der Waals surface area contributed by atoms with E-state index in [1.807, 2.05) is 31.4 Å². The van der Waals surface area contributed by atoms with Crippen molar-refractivity contribution < 1.29 is 32.2 Å². The Morgan fingerprint density at radius 1 is 1.21 bits per heavy atom. The van der Waals surface area contributed by atoms with Crippen LogP contribution in [0.3, 0.4) is 0 Å². The predicted octanol–water partition coefficient (Wildman–Crippen LogP) is 2.83. The number of fused-ring (bicyclic) bond motifs is 1. The maximum absolute atomic E-state index is 13.6. The molecule has 2 aliphatic rings. The van der Waals surface area contributed by atoms with Crippen molar-refractivity contribution in [3.05, 3.63) is 46.7 Å². The summed E-state index contributed by atoms with van der Waals surface area (Å²) < 4.78 is 50.5. The number of sulfonamides is 1. The molecule has 5 atom stereocenters. The molecule has 4 rings (SSSR count). The Hall–Kier alpha value is -2.22. The summed E-state index contributed by atoms with van der Waals surface area (Å²) >= 11 is 1.55. The summed E-state index contributed by atoms with van der Waals surface area (Å²) in [7, 11) is -2.32. The van der Waals surface area contributed by atoms with Crippen LogP contribution in [-0.4, -0.2) is 76.7 Å². The molecule has 3 N–H and O–H groups in total. The molecule has 3 heterocycles. The van der Waals surface area contributed by atoms with Gasteiger partial charge in [-0.05, 0) is 48.1 Å². The fourth-order valence-electron chi connectivity index (χ4n) is 4.76. The fraction of sp³-hybridized carbons (Fsp3) is 0.577. The van der Waals surface area contributed by atoms with Gasteiger partial charge in [-0.3, -0.25) is 0 Å². The third-order valence-corrected chi connectivity index (χ3v) is 9.49. The molecule has 0 aliphatic carbocycles. The Balaban J connectivity index is 1.49. The Labute approximate surface area is 228 Å². The van der Waals surface area contributed by atoms with Crippen molar-refractivity contribution in [1.82, 2.24) is 9.62 Å². The van der Waals surface area contributed by atoms with Crippen molar-refractivity contribution in [2.75, 3.05) is 33.4 Å². The molecule has 2 aliphatic heterocycles. The monoisotopic (exact) mass is 567 g/mol. The maximum Gasteiger partial charge on any atom is 0.407 e. The topological polar surface area (TPSA) is 129 Å². The molecular weight excluding hydrogens is 530 g/mol. The van der Waals surface area contributed by atoms with E-state index in [0.29, 0.717) is 18.8 Å². The number of carbonyl (C=O) groups excluding carboxylic acids is 1. The van der Waals surface area contributed by atoms with Crippen molar-refractivity contribution in [3.8, 4) is 5.75 Å². The summed E-state index contributed by atoms with van der Waals surface area (Å²) in [6.07, 6.45) is -0.105. The maximum atomic E-state index is 13.6. The first-order valence-corrected chi connectivity index (χ1v) is 15.1. The minimum atomic E-state index is -3.84. The van der Waals surface area contributed by atoms with Crippen molar-refractivity contribution in [2.24, 2.45) is 17.6 Å². The van der Waals surface area contributed by atoms with Gasteiger partial charge in [-0.2, -0.15) is 4.31 Å². The zero-order chi connectivity index (χ0) is 27.3. The van der Waals surface area contributed by atoms with Gasteiger partial charge in [0.2, 0.25) is 10.0 Å². The summed E-state index contributed by atoms with van der Waals surface area (Å²) in [6, 6.07) is 8.91. The number of benzene rings is 1. The summed E-state index contributed by atoms with van der Waals surface area (Å²) in [5.74, 6) is 0.645. The van der Waals surface area contributed by atoms with Gasteiger partial charge in [0, 0.05) is 30.4 Å². The average Bonchev–Trinajstić information content (AvgIpc) is 3.63. The fourth-order valence-corrected chi connectivity index (χ4v) is 7.17. The van der Waals surface area contributed by atoms with Crippen LogP contribution < -0.4 is 15.8 Å². The second-order valence-corrected chi connectivity index (χ2v) is 13.0. The van der Waals surface area contributed by atoms with Gasteiger partial charge in [0.15, 0.2) is 6.29 Å². The SMILES string of the molecule is COc1ccc(S(=O)(=O)N(CC(C)C)C[C@@H](N)[C@H](Cc2cccs2)NC(=O)O[C@H]2CO[C@H]3OCC[C@H]32)cc1. The van der Waals surface area contributed by atoms with Crippen LogP contribution in [0.4, 0.5) is 4.79 Å². The van der Waals surface area contributed by atoms with Gasteiger partial charge < -0.3 is 30.0 Å². The van der Waals surface area contributed by atoms with Crippen molar-refractivity contribution in [3.63, 3.8) is 0 Å². The number of nitrogens with one attached hydrogen (secondary N) is 1. The van der Waals surface area contributed by atoms with Crippen LogP contribution >= 0.6 is 11.3 Å². The Morgan fingerprint density at radius 3 is 2.63 bits per heavy atom. The van der Waals surface area contributed by atoms with Gasteiger partial charge in [-0.1, -0.05) is 19.9 Å². The number of nitrogens with zero attached hydrogens (tertiary/aromatic N) is 1. The van der Waals surface area contributed by atoms with Gasteiger partial charge >= 0.3 is 6.09 Å². The number of rotatable bonds is 12. The molecule has 0 radical (unpaired) electrons. The lowest BCUT2D eigenvalue weighted by molar-refractivity contribution is -0.0907. The lowest BCUT2D eigenvalue weighted by Crippen LogP contribution is -2.55. The molecule has 2 fully saturated rings. The average molecular weight is 568 g/mol. The molecule has 12 heteroatoms. The van der Waals surface area contributed by atoms with Gasteiger partial charge in [0.25, 0.3) is 0 Å². The molecule has 2 aromatic rings. The van der Waals surface area contributed by atoms with E-state index in [-0.39, 0.29) is 42.7 Å². The van der Waals surface area contributed by atoms with E-state index in [1.165, 1.54) is 23.5 Å². The van der Waals surface area contributed by atoms with Crippen LogP contribution in [0.5, 0.6) is 5.75 Å². The Bertz CT molecular complexity index is 1140. The Kier molecular flexibility index (Phi) is 9.66. The molecule has 210 valence electrons. The summed E-state index contributed by atoms with van der Waals surface area (Å²) in [5, 5.41) is 4.86. The molecule has 0 spiro atoms. The number of nitrogens with two attached hydrogens (primary N) is 1. The highest BCUT2D eigenvalue weighted by atomic mass is 32.2. The molecule has 0 unspecified atom stereocenters. The normalized spacial score (nSPS) is 22.8. The minimum absolute atomic E-state index is 0.0151. The largest absolute Gasteiger partial charge is 0.497 e. The zero-order valence-corrected chi connectivity index (χ0v) is 23.6. The number of ether oxygens (including phenoxy) is 4. The summed E-state index contributed by atoms with van der Waals surface area (Å²) in [4.78, 5) is 14.1. The number of carbonyl (C=O) groups is 1. The van der Waals surface area contributed by atoms with Gasteiger partial charge in [0.05, 0.1) is 37.2 Å². The van der Waals surface area contributed by atoms with Crippen molar-refractivity contribution in [1.29, 1.82) is 0 Å². The number of alkyl carbamates (subject to hydrolysis) is 1. The lowest BCUT2D eigenvalue weighted by Gasteiger charge is -2.31. The third kappa shape index (κ3) is 7.04. The molecule has 38 heavy (non-hydrogen) atoms. The number of hydrogen-bond acceptors (Lipinski definition) is 9. The number of amides is 1. The van der Waals surface area contributed by atoms with Crippen LogP contribution in [0.25, 0.3) is 0 Å². The highest BCUT2D eigenvalue weighted by Gasteiger charge is 2.44. The standard InChI is InChI=1S/C26H37N3O7S2/c1-17(2)14-29(38(31,32)20-8-6-18(33-3)7-9-20)15-22(27)23(13-19-5-4-12-37-19)28-26(30)36-24-16-35-25-21(24)10-11-34-25/h4-9,12,17,21-25H,10-11,13-16,27H2,1-3H3,(H,28,30)/t21-,22+,23-,24-,25+/m0/s1. The molecule has 1 amide bonds. The molecule has 0 saturated carbocycles. The van der Waals surface area contributed by atoms with Crippen LogP contribution in [0, 0.1) is 11.8 Å². The van der Waals surface area contributed by atoms with Gasteiger partial charge in [-0.25, -0.2) is 13.2 Å². The van der Waals surface area contributed by atoms with Gasteiger partial charge in [-0.15, -0.1) is 11.3 Å². The molecule has 1 aromatic carbocycles. The van der Waals surface area contributed by atoms with E-state index >= 15 is 0 Å². The van der Waals surface area contributed by atoms with E-state index in [1.54, 1.807) is 23.5 Å². The minimum Gasteiger partial charge on any atom is -0.497 e. The molecule has 1 aromatic heterocycles. The highest BCUT2D eigenvalue weighted by Crippen LogP contribution is 2.33. The van der Waals surface area contributed by atoms with Gasteiger partial charge in [0.1, 0.15) is 11.9 Å². The Morgan fingerprint density at radius 2 is 1.97 bits per heavy atom. The first-order chi connectivity index (χ1) is 18.2. The number of methoxy groups -OCH3 is 1. The van der Waals surface area contributed by atoms with E-state index in [2.05, 4.69) is 5.32 Å². The number of hydrogen-bond donors (Lipinski definition) is 2. The molecule has 2 saturated heterocycles. The van der Waals surface area contributed by atoms with E-state index < -0.39 is 34.3 Å². The molecule has 10 nitrogen and oxygen atoms in total. The smallest absolute Gasteiger partial charge is 0.407 e. The van der Waals surface area contributed by atoms with Crippen LogP contribution in [0.15, 0.2) is 46.7 Å². The lowest BCUT2D eigenvalue weighted by atomic mass is 10.0. The summed E-state index contributed by atoms with van der Waals surface area (Å²) in [5.41, 5.74) is 6.64. The van der Waals surface area contributed by atoms with Crippen molar-refractivity contribution >= 4 is 27.5 Å². The van der Waals surface area contributed by atoms with Crippen molar-refractivity contribution in [2.45, 2.75) is 56.1 Å². The van der Waals surface area contributed by atoms with E-state index in [9.17, 15) is 13.2 Å². The van der Waals surface area contributed by atoms with Crippen LogP contribution in [-0.2, 0) is 30.7 Å². The van der Waals surface area contributed by atoms with Crippen LogP contribution in [0.2, 0.25) is 0 Å². The van der Waals surface area contributed by atoms with E-state index in [4.69, 9.17) is 24.7 Å². The quantitative estimate of drug-likeness (QED) is 0.401. The number of thiophene rings is 1. The molecule has 0 bridgehead atoms. The first kappa shape index (κ1) is 28.8. The first-order valence-electron chi connectivity index (χ1n) is 12.8. The van der Waals surface area contributed by atoms with E-state index in [0.717, 1.165) is 11.3 Å². The van der Waals surface area contributed by atoms with Crippen LogP contribution in [0.1, 0.15) is 25.1 Å². The summed E-state index contributed by atoms with van der Waals surface area (Å²) in [6.45, 7) is 5.06. The highest BCUT2D eigenvalue weighted by molar-refractivity contribution is 7.89. The second-order valence-electron chi connectivity index (χ2n) is 10.1. The third-order valence-electron chi connectivity index (χ3n) is 6.75. The second kappa shape index (κ2) is 12.8. The zero-order valence-electron chi connectivity index (χ0n) is 21.9. The predicted molar refractivity (Wildman–Crippen MR) is 144 cm³/mol.